The van der Waals surface area contributed by atoms with Gasteiger partial charge in [0.05, 0.1) is 11.1 Å². The van der Waals surface area contributed by atoms with Crippen molar-refractivity contribution in [2.75, 3.05) is 0 Å². The molecule has 0 aliphatic rings. The van der Waals surface area contributed by atoms with Crippen LogP contribution in [0.3, 0.4) is 0 Å². The van der Waals surface area contributed by atoms with Crippen molar-refractivity contribution in [2.45, 2.75) is 6.61 Å². The van der Waals surface area contributed by atoms with E-state index in [1.54, 1.807) is 6.07 Å². The number of carbonyl (C=O) groups is 1. The summed E-state index contributed by atoms with van der Waals surface area (Å²) in [6.45, 7) is 0.184. The lowest BCUT2D eigenvalue weighted by Gasteiger charge is -2.11. The number of nitrogens with zero attached hydrogens (tertiary/aromatic N) is 1. The number of aldehydes is 1. The van der Waals surface area contributed by atoms with Crippen molar-refractivity contribution in [1.29, 1.82) is 5.26 Å². The molecule has 4 heteroatoms. The van der Waals surface area contributed by atoms with E-state index in [2.05, 4.69) is 6.07 Å². The summed E-state index contributed by atoms with van der Waals surface area (Å²) >= 11 is 0. The van der Waals surface area contributed by atoms with Crippen LogP contribution in [-0.4, -0.2) is 11.4 Å². The molecule has 0 saturated carbocycles. The zero-order valence-corrected chi connectivity index (χ0v) is 13.3. The summed E-state index contributed by atoms with van der Waals surface area (Å²) in [7, 11) is 0. The molecule has 0 radical (unpaired) electrons. The molecule has 0 unspecified atom stereocenters. The second-order valence-electron chi connectivity index (χ2n) is 5.44. The van der Waals surface area contributed by atoms with Crippen molar-refractivity contribution < 1.29 is 14.6 Å². The Kier molecular flexibility index (Phi) is 4.77. The number of rotatable bonds is 5. The number of phenols is 1. The zero-order valence-electron chi connectivity index (χ0n) is 13.3. The summed E-state index contributed by atoms with van der Waals surface area (Å²) in [5.41, 5.74) is 3.33. The molecule has 0 aromatic heterocycles. The van der Waals surface area contributed by atoms with Gasteiger partial charge in [-0.15, -0.1) is 0 Å². The van der Waals surface area contributed by atoms with E-state index in [9.17, 15) is 15.2 Å². The Balaban J connectivity index is 1.87. The molecule has 0 saturated heterocycles. The van der Waals surface area contributed by atoms with Gasteiger partial charge in [0.1, 0.15) is 24.2 Å². The van der Waals surface area contributed by atoms with Crippen LogP contribution in [0.2, 0.25) is 0 Å². The fourth-order valence-corrected chi connectivity index (χ4v) is 2.58. The summed E-state index contributed by atoms with van der Waals surface area (Å²) in [4.78, 5) is 10.7. The molecule has 0 amide bonds. The monoisotopic (exact) mass is 329 g/mol. The average Bonchev–Trinajstić information content (AvgIpc) is 2.66. The van der Waals surface area contributed by atoms with E-state index in [-0.39, 0.29) is 17.9 Å². The third-order valence-corrected chi connectivity index (χ3v) is 3.87. The van der Waals surface area contributed by atoms with Crippen molar-refractivity contribution in [1.82, 2.24) is 0 Å². The van der Waals surface area contributed by atoms with Crippen molar-refractivity contribution in [3.8, 4) is 28.7 Å². The highest BCUT2D eigenvalue weighted by Crippen LogP contribution is 2.27. The molecule has 0 atom stereocenters. The van der Waals surface area contributed by atoms with E-state index in [0.717, 1.165) is 16.7 Å². The topological polar surface area (TPSA) is 70.3 Å². The Bertz CT molecular complexity index is 943. The molecule has 0 aliphatic heterocycles. The minimum atomic E-state index is -0.133. The summed E-state index contributed by atoms with van der Waals surface area (Å²) in [6.07, 6.45) is 0.580. The van der Waals surface area contributed by atoms with Gasteiger partial charge in [-0.25, -0.2) is 0 Å². The van der Waals surface area contributed by atoms with Crippen molar-refractivity contribution in [3.63, 3.8) is 0 Å². The first kappa shape index (κ1) is 16.3. The van der Waals surface area contributed by atoms with Crippen LogP contribution >= 0.6 is 0 Å². The molecule has 25 heavy (non-hydrogen) atoms. The van der Waals surface area contributed by atoms with E-state index >= 15 is 0 Å². The van der Waals surface area contributed by atoms with Crippen LogP contribution in [-0.2, 0) is 6.61 Å². The third-order valence-electron chi connectivity index (χ3n) is 3.87. The predicted octanol–water partition coefficient (Wildman–Crippen LogP) is 4.32. The summed E-state index contributed by atoms with van der Waals surface area (Å²) < 4.78 is 5.68. The smallest absolute Gasteiger partial charge is 0.153 e. The lowest BCUT2D eigenvalue weighted by Crippen LogP contribution is -2.00. The van der Waals surface area contributed by atoms with Crippen LogP contribution < -0.4 is 4.74 Å². The summed E-state index contributed by atoms with van der Waals surface area (Å²) in [5, 5.41) is 19.3. The van der Waals surface area contributed by atoms with Crippen molar-refractivity contribution >= 4 is 6.29 Å². The van der Waals surface area contributed by atoms with E-state index in [4.69, 9.17) is 4.74 Å². The number of hydrogen-bond donors (Lipinski definition) is 1. The molecule has 3 aromatic rings. The Labute approximate surface area is 145 Å². The Morgan fingerprint density at radius 2 is 1.84 bits per heavy atom. The minimum absolute atomic E-state index is 0.133. The highest BCUT2D eigenvalue weighted by Gasteiger charge is 2.11. The van der Waals surface area contributed by atoms with Crippen LogP contribution in [0, 0.1) is 11.3 Å². The van der Waals surface area contributed by atoms with Crippen LogP contribution in [0.5, 0.6) is 11.5 Å². The molecule has 4 nitrogen and oxygen atoms in total. The number of hydrogen-bond acceptors (Lipinski definition) is 4. The van der Waals surface area contributed by atoms with Crippen molar-refractivity contribution in [2.24, 2.45) is 0 Å². The molecule has 3 rings (SSSR count). The number of benzene rings is 3. The van der Waals surface area contributed by atoms with Gasteiger partial charge in [-0.1, -0.05) is 48.5 Å². The summed E-state index contributed by atoms with van der Waals surface area (Å²) in [5.74, 6) is 0.295. The lowest BCUT2D eigenvalue weighted by molar-refractivity contribution is 0.112. The number of ether oxygens (including phenoxy) is 1. The van der Waals surface area contributed by atoms with Gasteiger partial charge in [-0.05, 0) is 23.3 Å². The van der Waals surface area contributed by atoms with E-state index in [1.807, 2.05) is 48.5 Å². The van der Waals surface area contributed by atoms with Crippen molar-refractivity contribution in [3.05, 3.63) is 83.4 Å². The first-order valence-corrected chi connectivity index (χ1v) is 7.71. The molecule has 0 aliphatic carbocycles. The average molecular weight is 329 g/mol. The molecule has 122 valence electrons. The largest absolute Gasteiger partial charge is 0.507 e. The molecule has 1 N–H and O–H groups in total. The molecule has 0 fully saturated rings. The third kappa shape index (κ3) is 3.51. The van der Waals surface area contributed by atoms with Gasteiger partial charge in [-0.3, -0.25) is 4.79 Å². The minimum Gasteiger partial charge on any atom is -0.507 e. The Hall–Kier alpha value is -3.58. The Morgan fingerprint density at radius 1 is 1.04 bits per heavy atom. The summed E-state index contributed by atoms with van der Waals surface area (Å²) in [6, 6.07) is 22.1. The van der Waals surface area contributed by atoms with E-state index in [1.165, 1.54) is 12.1 Å². The van der Waals surface area contributed by atoms with Gasteiger partial charge in [0, 0.05) is 11.6 Å². The quantitative estimate of drug-likeness (QED) is 0.708. The highest BCUT2D eigenvalue weighted by molar-refractivity contribution is 5.79. The highest BCUT2D eigenvalue weighted by atomic mass is 16.5. The van der Waals surface area contributed by atoms with Gasteiger partial charge in [-0.2, -0.15) is 5.26 Å². The number of aromatic hydroxyl groups is 1. The fraction of sp³-hybridized carbons (Fsp3) is 0.0476. The standard InChI is InChI=1S/C21H15NO3/c22-12-20-17(7-4-8-19(20)15-5-2-1-3-6-15)14-25-18-10-9-16(13-23)21(24)11-18/h1-11,13,24H,14H2. The number of nitriles is 1. The first-order chi connectivity index (χ1) is 12.2. The van der Waals surface area contributed by atoms with Crippen LogP contribution in [0.1, 0.15) is 21.5 Å². The zero-order chi connectivity index (χ0) is 17.6. The van der Waals surface area contributed by atoms with Gasteiger partial charge in [0.25, 0.3) is 0 Å². The normalized spacial score (nSPS) is 10.0. The van der Waals surface area contributed by atoms with Crippen LogP contribution in [0.4, 0.5) is 0 Å². The SMILES string of the molecule is N#Cc1c(COc2ccc(C=O)c(O)c2)cccc1-c1ccccc1. The van der Waals surface area contributed by atoms with Gasteiger partial charge in [0.15, 0.2) is 6.29 Å². The lowest BCUT2D eigenvalue weighted by atomic mass is 9.96. The van der Waals surface area contributed by atoms with Crippen LogP contribution in [0.15, 0.2) is 66.7 Å². The maximum atomic E-state index is 10.7. The van der Waals surface area contributed by atoms with Crippen LogP contribution in [0.25, 0.3) is 11.1 Å². The second kappa shape index (κ2) is 7.33. The molecular formula is C21H15NO3. The van der Waals surface area contributed by atoms with Gasteiger partial charge >= 0.3 is 0 Å². The Morgan fingerprint density at radius 3 is 2.52 bits per heavy atom. The van der Waals surface area contributed by atoms with E-state index < -0.39 is 0 Å². The molecular weight excluding hydrogens is 314 g/mol. The maximum absolute atomic E-state index is 10.7. The molecule has 0 heterocycles. The number of carbonyl (C=O) groups excluding carboxylic acids is 1. The predicted molar refractivity (Wildman–Crippen MR) is 94.4 cm³/mol. The number of phenolic OH excluding ortho intramolecular Hbond substituents is 1. The maximum Gasteiger partial charge on any atom is 0.153 e. The molecule has 0 bridgehead atoms. The molecule has 0 spiro atoms. The van der Waals surface area contributed by atoms with Gasteiger partial charge in [0.2, 0.25) is 0 Å². The van der Waals surface area contributed by atoms with E-state index in [0.29, 0.717) is 17.6 Å². The molecule has 3 aromatic carbocycles. The fourth-order valence-electron chi connectivity index (χ4n) is 2.58. The first-order valence-electron chi connectivity index (χ1n) is 7.71. The second-order valence-corrected chi connectivity index (χ2v) is 5.44. The van der Waals surface area contributed by atoms with Gasteiger partial charge < -0.3 is 9.84 Å².